The molecule has 0 bridgehead atoms. The van der Waals surface area contributed by atoms with Crippen LogP contribution in [0.4, 0.5) is 0 Å². The summed E-state index contributed by atoms with van der Waals surface area (Å²) in [6.07, 6.45) is 4.34. The van der Waals surface area contributed by atoms with E-state index < -0.39 is 5.54 Å². The summed E-state index contributed by atoms with van der Waals surface area (Å²) < 4.78 is 1.67. The van der Waals surface area contributed by atoms with Gasteiger partial charge in [0.1, 0.15) is 0 Å². The van der Waals surface area contributed by atoms with Gasteiger partial charge in [0.05, 0.1) is 29.3 Å². The number of aliphatic hydroxyl groups excluding tert-OH is 1. The summed E-state index contributed by atoms with van der Waals surface area (Å²) in [4.78, 5) is 17.6. The second kappa shape index (κ2) is 6.09. The molecule has 0 saturated heterocycles. The monoisotopic (exact) mass is 344 g/mol. The highest BCUT2D eigenvalue weighted by Gasteiger charge is 2.43. The van der Waals surface area contributed by atoms with Crippen LogP contribution in [-0.2, 0) is 7.05 Å². The quantitative estimate of drug-likeness (QED) is 0.897. The van der Waals surface area contributed by atoms with Gasteiger partial charge < -0.3 is 10.4 Å². The van der Waals surface area contributed by atoms with Crippen molar-refractivity contribution in [2.24, 2.45) is 18.4 Å². The zero-order valence-electron chi connectivity index (χ0n) is 15.8. The summed E-state index contributed by atoms with van der Waals surface area (Å²) in [7, 11) is 1.82. The normalized spacial score (nSPS) is 25.9. The third-order valence-electron chi connectivity index (χ3n) is 5.22. The molecule has 1 aliphatic carbocycles. The van der Waals surface area contributed by atoms with Gasteiger partial charge in [-0.05, 0) is 43.6 Å². The Labute approximate surface area is 148 Å². The molecular formula is C19H28N4O2. The molecule has 0 radical (unpaired) electrons. The lowest BCUT2D eigenvalue weighted by Gasteiger charge is -2.47. The lowest BCUT2D eigenvalue weighted by Crippen LogP contribution is -2.57. The summed E-state index contributed by atoms with van der Waals surface area (Å²) in [5, 5.41) is 18.2. The molecule has 3 rings (SSSR count). The fraction of sp³-hybridized carbons (Fsp3) is 0.632. The van der Waals surface area contributed by atoms with Gasteiger partial charge in [-0.1, -0.05) is 20.8 Å². The van der Waals surface area contributed by atoms with Crippen molar-refractivity contribution in [3.8, 4) is 0 Å². The van der Waals surface area contributed by atoms with Crippen LogP contribution >= 0.6 is 0 Å². The van der Waals surface area contributed by atoms with E-state index in [0.717, 1.165) is 30.3 Å². The molecule has 136 valence electrons. The number of aryl methyl sites for hydroxylation is 2. The first-order valence-electron chi connectivity index (χ1n) is 8.87. The van der Waals surface area contributed by atoms with Crippen LogP contribution in [0, 0.1) is 18.3 Å². The van der Waals surface area contributed by atoms with Gasteiger partial charge in [-0.2, -0.15) is 5.10 Å². The molecule has 6 nitrogen and oxygen atoms in total. The molecule has 0 aromatic carbocycles. The van der Waals surface area contributed by atoms with Gasteiger partial charge in [-0.25, -0.2) is 4.98 Å². The van der Waals surface area contributed by atoms with E-state index in [9.17, 15) is 9.90 Å². The number of aromatic nitrogens is 3. The number of aliphatic hydroxyl groups is 1. The van der Waals surface area contributed by atoms with Crippen molar-refractivity contribution in [1.29, 1.82) is 0 Å². The summed E-state index contributed by atoms with van der Waals surface area (Å²) in [6, 6.07) is 1.79. The van der Waals surface area contributed by atoms with E-state index in [0.29, 0.717) is 17.1 Å². The number of hydrogen-bond donors (Lipinski definition) is 2. The number of rotatable bonds is 3. The zero-order chi connectivity index (χ0) is 18.4. The Kier molecular flexibility index (Phi) is 4.35. The molecule has 2 N–H and O–H groups in total. The maximum Gasteiger partial charge on any atom is 0.252 e. The molecule has 1 fully saturated rings. The highest BCUT2D eigenvalue weighted by Crippen LogP contribution is 2.43. The Bertz CT molecular complexity index is 811. The van der Waals surface area contributed by atoms with Crippen LogP contribution in [0.2, 0.25) is 0 Å². The number of pyridine rings is 1. The van der Waals surface area contributed by atoms with Gasteiger partial charge in [-0.15, -0.1) is 0 Å². The number of nitrogens with one attached hydrogen (secondary N) is 1. The van der Waals surface area contributed by atoms with E-state index in [1.807, 2.05) is 14.0 Å². The molecule has 6 heteroatoms. The lowest BCUT2D eigenvalue weighted by atomic mass is 9.64. The van der Waals surface area contributed by atoms with Gasteiger partial charge >= 0.3 is 0 Å². The standard InChI is InChI=1S/C19H28N4O2/c1-12-7-18(3,4)10-19(8-12,11-24)22-17(25)14-6-13(2)21-16-15(14)9-20-23(16)5/h6,9,12,24H,7-8,10-11H2,1-5H3,(H,22,25). The first-order valence-corrected chi connectivity index (χ1v) is 8.87. The van der Waals surface area contributed by atoms with Crippen molar-refractivity contribution in [3.05, 3.63) is 23.5 Å². The average molecular weight is 344 g/mol. The second-order valence-corrected chi connectivity index (χ2v) is 8.56. The van der Waals surface area contributed by atoms with Gasteiger partial charge in [0.2, 0.25) is 0 Å². The van der Waals surface area contributed by atoms with Crippen molar-refractivity contribution in [1.82, 2.24) is 20.1 Å². The molecular weight excluding hydrogens is 316 g/mol. The number of fused-ring (bicyclic) bond motifs is 1. The second-order valence-electron chi connectivity index (χ2n) is 8.56. The SMILES string of the molecule is Cc1cc(C(=O)NC2(CO)CC(C)CC(C)(C)C2)c2cnn(C)c2n1. The molecule has 2 aromatic heterocycles. The van der Waals surface area contributed by atoms with E-state index in [4.69, 9.17) is 0 Å². The van der Waals surface area contributed by atoms with Crippen molar-refractivity contribution in [2.45, 2.75) is 52.5 Å². The van der Waals surface area contributed by atoms with E-state index in [1.54, 1.807) is 16.9 Å². The summed E-state index contributed by atoms with van der Waals surface area (Å²) in [5.41, 5.74) is 1.55. The number of nitrogens with zero attached hydrogens (tertiary/aromatic N) is 3. The molecule has 2 heterocycles. The fourth-order valence-corrected chi connectivity index (χ4v) is 4.73. The van der Waals surface area contributed by atoms with Crippen LogP contribution in [0.15, 0.2) is 12.3 Å². The van der Waals surface area contributed by atoms with Gasteiger partial charge in [0.15, 0.2) is 5.65 Å². The number of carbonyl (C=O) groups is 1. The van der Waals surface area contributed by atoms with Crippen LogP contribution < -0.4 is 5.32 Å². The largest absolute Gasteiger partial charge is 0.394 e. The van der Waals surface area contributed by atoms with Crippen LogP contribution in [-0.4, -0.2) is 37.9 Å². The molecule has 25 heavy (non-hydrogen) atoms. The van der Waals surface area contributed by atoms with Gasteiger partial charge in [0.25, 0.3) is 5.91 Å². The van der Waals surface area contributed by atoms with Gasteiger partial charge in [-0.3, -0.25) is 9.48 Å². The van der Waals surface area contributed by atoms with E-state index in [1.165, 1.54) is 0 Å². The maximum absolute atomic E-state index is 13.1. The fourth-order valence-electron chi connectivity index (χ4n) is 4.73. The molecule has 2 unspecified atom stereocenters. The average Bonchev–Trinajstić information content (AvgIpc) is 2.85. The minimum absolute atomic E-state index is 0.0489. The van der Waals surface area contributed by atoms with Gasteiger partial charge in [0, 0.05) is 12.7 Å². The molecule has 2 aromatic rings. The highest BCUT2D eigenvalue weighted by atomic mass is 16.3. The van der Waals surface area contributed by atoms with Crippen molar-refractivity contribution in [3.63, 3.8) is 0 Å². The number of hydrogen-bond acceptors (Lipinski definition) is 4. The third kappa shape index (κ3) is 3.40. The predicted octanol–water partition coefficient (Wildman–Crippen LogP) is 2.58. The Morgan fingerprint density at radius 1 is 1.44 bits per heavy atom. The Morgan fingerprint density at radius 3 is 2.80 bits per heavy atom. The summed E-state index contributed by atoms with van der Waals surface area (Å²) in [5.74, 6) is 0.288. The molecule has 1 aliphatic rings. The minimum Gasteiger partial charge on any atom is -0.394 e. The Balaban J connectivity index is 1.96. The predicted molar refractivity (Wildman–Crippen MR) is 97.3 cm³/mol. The van der Waals surface area contributed by atoms with Crippen molar-refractivity contribution >= 4 is 16.9 Å². The molecule has 0 spiro atoms. The van der Waals surface area contributed by atoms with Crippen LogP contribution in [0.25, 0.3) is 11.0 Å². The summed E-state index contributed by atoms with van der Waals surface area (Å²) in [6.45, 7) is 8.42. The van der Waals surface area contributed by atoms with E-state index in [-0.39, 0.29) is 17.9 Å². The van der Waals surface area contributed by atoms with E-state index in [2.05, 4.69) is 36.2 Å². The van der Waals surface area contributed by atoms with Crippen LogP contribution in [0.3, 0.4) is 0 Å². The Hall–Kier alpha value is -1.95. The lowest BCUT2D eigenvalue weighted by molar-refractivity contribution is 0.0335. The third-order valence-corrected chi connectivity index (χ3v) is 5.22. The van der Waals surface area contributed by atoms with Crippen LogP contribution in [0.1, 0.15) is 56.1 Å². The molecule has 2 atom stereocenters. The van der Waals surface area contributed by atoms with Crippen molar-refractivity contribution in [2.75, 3.05) is 6.61 Å². The smallest absolute Gasteiger partial charge is 0.252 e. The zero-order valence-corrected chi connectivity index (χ0v) is 15.8. The molecule has 1 amide bonds. The number of carbonyl (C=O) groups excluding carboxylic acids is 1. The minimum atomic E-state index is -0.579. The summed E-state index contributed by atoms with van der Waals surface area (Å²) >= 11 is 0. The van der Waals surface area contributed by atoms with E-state index >= 15 is 0 Å². The molecule has 0 aliphatic heterocycles. The highest BCUT2D eigenvalue weighted by molar-refractivity contribution is 6.05. The maximum atomic E-state index is 13.1. The first-order chi connectivity index (χ1) is 11.6. The molecule has 1 saturated carbocycles. The van der Waals surface area contributed by atoms with Crippen molar-refractivity contribution < 1.29 is 9.90 Å². The van der Waals surface area contributed by atoms with Crippen LogP contribution in [0.5, 0.6) is 0 Å². The first kappa shape index (κ1) is 17.9. The number of amides is 1. The Morgan fingerprint density at radius 2 is 2.16 bits per heavy atom. The topological polar surface area (TPSA) is 80.0 Å².